The Morgan fingerprint density at radius 3 is 2.71 bits per heavy atom. The number of thiazole rings is 1. The van der Waals surface area contributed by atoms with Crippen LogP contribution in [0.1, 0.15) is 12.0 Å². The fourth-order valence-electron chi connectivity index (χ4n) is 2.13. The molecule has 0 aliphatic heterocycles. The van der Waals surface area contributed by atoms with Gasteiger partial charge in [-0.3, -0.25) is 9.36 Å². The molecule has 0 saturated carbocycles. The van der Waals surface area contributed by atoms with Crippen molar-refractivity contribution in [2.75, 3.05) is 13.7 Å². The van der Waals surface area contributed by atoms with Crippen LogP contribution in [0.25, 0.3) is 11.6 Å². The van der Waals surface area contributed by atoms with Gasteiger partial charge in [0.15, 0.2) is 5.57 Å². The highest BCUT2D eigenvalue weighted by Crippen LogP contribution is 2.15. The third kappa shape index (κ3) is 3.93. The van der Waals surface area contributed by atoms with E-state index in [1.54, 1.807) is 31.4 Å². The van der Waals surface area contributed by atoms with E-state index in [1.165, 1.54) is 4.57 Å². The van der Waals surface area contributed by atoms with Crippen LogP contribution < -0.4 is 14.8 Å². The molecule has 1 aromatic heterocycles. The molecule has 7 heteroatoms. The Bertz CT molecular complexity index is 977. The van der Waals surface area contributed by atoms with E-state index in [0.717, 1.165) is 11.3 Å². The van der Waals surface area contributed by atoms with Crippen LogP contribution >= 0.6 is 22.9 Å². The van der Waals surface area contributed by atoms with E-state index in [1.807, 2.05) is 18.2 Å². The molecule has 122 valence electrons. The summed E-state index contributed by atoms with van der Waals surface area (Å²) in [6.07, 6.45) is 2.29. The molecule has 0 atom stereocenters. The summed E-state index contributed by atoms with van der Waals surface area (Å²) < 4.78 is 7.24. The van der Waals surface area contributed by atoms with Gasteiger partial charge >= 0.3 is 0 Å². The highest BCUT2D eigenvalue weighted by atomic mass is 35.5. The van der Waals surface area contributed by atoms with Crippen molar-refractivity contribution in [1.82, 2.24) is 4.57 Å². The maximum absolute atomic E-state index is 12.7. The summed E-state index contributed by atoms with van der Waals surface area (Å²) >= 11 is 7.25. The van der Waals surface area contributed by atoms with Gasteiger partial charge in [-0.25, -0.2) is 0 Å². The first-order valence-corrected chi connectivity index (χ1v) is 8.31. The van der Waals surface area contributed by atoms with Crippen LogP contribution in [-0.2, 0) is 11.3 Å². The minimum Gasteiger partial charge on any atom is -0.385 e. The van der Waals surface area contributed by atoms with E-state index >= 15 is 0 Å². The van der Waals surface area contributed by atoms with E-state index in [0.29, 0.717) is 39.4 Å². The Morgan fingerprint density at radius 1 is 1.38 bits per heavy atom. The molecule has 0 amide bonds. The second-order valence-electron chi connectivity index (χ2n) is 4.84. The highest BCUT2D eigenvalue weighted by molar-refractivity contribution is 7.07. The molecule has 0 aliphatic carbocycles. The van der Waals surface area contributed by atoms with E-state index < -0.39 is 0 Å². The molecule has 0 N–H and O–H groups in total. The summed E-state index contributed by atoms with van der Waals surface area (Å²) in [7, 11) is 1.58. The normalized spacial score (nSPS) is 11.1. The molecule has 0 unspecified atom stereocenters. The minimum atomic E-state index is -0.242. The number of halogens is 1. The lowest BCUT2D eigenvalue weighted by molar-refractivity contribution is 0.190. The van der Waals surface area contributed by atoms with Gasteiger partial charge in [0.1, 0.15) is 16.8 Å². The van der Waals surface area contributed by atoms with Gasteiger partial charge in [0.2, 0.25) is 0 Å². The Kier molecular flexibility index (Phi) is 6.34. The number of aromatic nitrogens is 1. The molecular formula is C17H14ClN3O2S. The van der Waals surface area contributed by atoms with E-state index in [9.17, 15) is 4.79 Å². The first-order chi connectivity index (χ1) is 11.6. The summed E-state index contributed by atoms with van der Waals surface area (Å²) in [6.45, 7) is 0.863. The molecular weight excluding hydrogens is 346 g/mol. The van der Waals surface area contributed by atoms with Gasteiger partial charge in [-0.05, 0) is 24.1 Å². The largest absolute Gasteiger partial charge is 0.385 e. The molecule has 0 bridgehead atoms. The molecule has 24 heavy (non-hydrogen) atoms. The lowest BCUT2D eigenvalue weighted by atomic mass is 10.2. The zero-order valence-corrected chi connectivity index (χ0v) is 14.5. The summed E-state index contributed by atoms with van der Waals surface area (Å²) in [5.74, 6) is 0. The molecule has 1 heterocycles. The number of rotatable bonds is 5. The smallest absolute Gasteiger partial charge is 0.269 e. The predicted octanol–water partition coefficient (Wildman–Crippen LogP) is 1.63. The van der Waals surface area contributed by atoms with Crippen molar-refractivity contribution in [2.45, 2.75) is 13.0 Å². The SMILES string of the molecule is COCCCn1c(=C(C#N)C#N)s/c(=C\c2ccccc2Cl)c1=O. The number of nitrogens with zero attached hydrogens (tertiary/aromatic N) is 3. The zero-order chi connectivity index (χ0) is 17.5. The molecule has 5 nitrogen and oxygen atoms in total. The second-order valence-corrected chi connectivity index (χ2v) is 6.28. The molecule has 0 radical (unpaired) electrons. The quantitative estimate of drug-likeness (QED) is 0.760. The summed E-state index contributed by atoms with van der Waals surface area (Å²) in [6, 6.07) is 10.9. The Labute approximate surface area is 147 Å². The van der Waals surface area contributed by atoms with Crippen LogP contribution in [0.4, 0.5) is 0 Å². The van der Waals surface area contributed by atoms with Gasteiger partial charge < -0.3 is 4.74 Å². The Hall–Kier alpha value is -2.38. The fourth-order valence-corrected chi connectivity index (χ4v) is 3.39. The molecule has 0 spiro atoms. The van der Waals surface area contributed by atoms with Gasteiger partial charge in [-0.2, -0.15) is 10.5 Å². The molecule has 2 aromatic rings. The van der Waals surface area contributed by atoms with E-state index in [2.05, 4.69) is 0 Å². The number of hydrogen-bond acceptors (Lipinski definition) is 5. The maximum atomic E-state index is 12.7. The van der Waals surface area contributed by atoms with Crippen molar-refractivity contribution in [3.05, 3.63) is 54.4 Å². The van der Waals surface area contributed by atoms with Crippen molar-refractivity contribution in [3.63, 3.8) is 0 Å². The van der Waals surface area contributed by atoms with Crippen molar-refractivity contribution in [1.29, 1.82) is 10.5 Å². The first-order valence-electron chi connectivity index (χ1n) is 7.11. The van der Waals surface area contributed by atoms with Crippen LogP contribution in [0.15, 0.2) is 29.1 Å². The summed E-state index contributed by atoms with van der Waals surface area (Å²) in [4.78, 5) is 12.7. The molecule has 1 aromatic carbocycles. The predicted molar refractivity (Wildman–Crippen MR) is 94.0 cm³/mol. The maximum Gasteiger partial charge on any atom is 0.269 e. The van der Waals surface area contributed by atoms with Crippen molar-refractivity contribution < 1.29 is 4.74 Å². The molecule has 0 aliphatic rings. The highest BCUT2D eigenvalue weighted by Gasteiger charge is 2.09. The van der Waals surface area contributed by atoms with Crippen LogP contribution in [0, 0.1) is 22.7 Å². The molecule has 2 rings (SSSR count). The average Bonchev–Trinajstić information content (AvgIpc) is 2.88. The monoisotopic (exact) mass is 359 g/mol. The van der Waals surface area contributed by atoms with Gasteiger partial charge in [0.05, 0.1) is 4.53 Å². The Balaban J connectivity index is 2.69. The Morgan fingerprint density at radius 2 is 2.08 bits per heavy atom. The number of nitriles is 2. The topological polar surface area (TPSA) is 78.8 Å². The van der Waals surface area contributed by atoms with Crippen LogP contribution in [0.3, 0.4) is 0 Å². The third-order valence-electron chi connectivity index (χ3n) is 3.27. The number of methoxy groups -OCH3 is 1. The molecule has 0 fully saturated rings. The summed E-state index contributed by atoms with van der Waals surface area (Å²) in [5, 5.41) is 18.8. The number of benzene rings is 1. The van der Waals surface area contributed by atoms with Gasteiger partial charge in [-0.15, -0.1) is 11.3 Å². The van der Waals surface area contributed by atoms with Crippen LogP contribution in [0.5, 0.6) is 0 Å². The lowest BCUT2D eigenvalue weighted by Gasteiger charge is -2.01. The number of ether oxygens (including phenoxy) is 1. The van der Waals surface area contributed by atoms with Gasteiger partial charge in [0.25, 0.3) is 5.56 Å². The van der Waals surface area contributed by atoms with E-state index in [4.69, 9.17) is 26.9 Å². The fraction of sp³-hybridized carbons (Fsp3) is 0.235. The van der Waals surface area contributed by atoms with Crippen molar-refractivity contribution in [2.24, 2.45) is 0 Å². The second kappa shape index (κ2) is 8.47. The average molecular weight is 360 g/mol. The zero-order valence-electron chi connectivity index (χ0n) is 13.0. The van der Waals surface area contributed by atoms with Gasteiger partial charge in [0, 0.05) is 25.3 Å². The van der Waals surface area contributed by atoms with Crippen LogP contribution in [0.2, 0.25) is 5.02 Å². The van der Waals surface area contributed by atoms with Crippen LogP contribution in [-0.4, -0.2) is 18.3 Å². The first kappa shape index (κ1) is 18.0. The van der Waals surface area contributed by atoms with Crippen molar-refractivity contribution in [3.8, 4) is 12.1 Å². The lowest BCUT2D eigenvalue weighted by Crippen LogP contribution is -2.32. The molecule has 0 saturated heterocycles. The van der Waals surface area contributed by atoms with Gasteiger partial charge in [-0.1, -0.05) is 29.8 Å². The van der Waals surface area contributed by atoms with Crippen molar-refractivity contribution >= 4 is 34.6 Å². The third-order valence-corrected chi connectivity index (χ3v) is 4.74. The summed E-state index contributed by atoms with van der Waals surface area (Å²) in [5.41, 5.74) is 0.394. The standard InChI is InChI=1S/C17H14ClN3O2S/c1-23-8-4-7-21-16(22)15(24-17(21)13(10-19)11-20)9-12-5-2-3-6-14(12)18/h2-3,5-6,9H,4,7-8H2,1H3/b15-9-. The minimum absolute atomic E-state index is 0.0756. The number of hydrogen-bond donors (Lipinski definition) is 0. The van der Waals surface area contributed by atoms with E-state index in [-0.39, 0.29) is 11.1 Å².